The third kappa shape index (κ3) is 3.64. The second-order valence-corrected chi connectivity index (χ2v) is 5.13. The molecule has 15 heavy (non-hydrogen) atoms. The van der Waals surface area contributed by atoms with Crippen molar-refractivity contribution in [3.05, 3.63) is 12.2 Å². The predicted molar refractivity (Wildman–Crippen MR) is 68.0 cm³/mol. The summed E-state index contributed by atoms with van der Waals surface area (Å²) in [5, 5.41) is 3.66. The van der Waals surface area contributed by atoms with Crippen molar-refractivity contribution < 1.29 is 0 Å². The molecular weight excluding hydrogens is 182 g/mol. The molecule has 1 heteroatoms. The van der Waals surface area contributed by atoms with Crippen LogP contribution in [0.4, 0.5) is 0 Å². The van der Waals surface area contributed by atoms with Crippen molar-refractivity contribution in [3.8, 4) is 0 Å². The number of nitrogens with one attached hydrogen (secondary N) is 1. The molecule has 0 bridgehead atoms. The Morgan fingerprint density at radius 2 is 2.13 bits per heavy atom. The zero-order valence-corrected chi connectivity index (χ0v) is 10.7. The highest BCUT2D eigenvalue weighted by Gasteiger charge is 2.29. The fourth-order valence-corrected chi connectivity index (χ4v) is 2.83. The maximum atomic E-state index is 4.14. The van der Waals surface area contributed by atoms with Crippen molar-refractivity contribution >= 4 is 0 Å². The van der Waals surface area contributed by atoms with Crippen LogP contribution in [0.25, 0.3) is 0 Å². The molecule has 3 unspecified atom stereocenters. The van der Waals surface area contributed by atoms with Crippen LogP contribution in [-0.4, -0.2) is 12.6 Å². The molecule has 1 N–H and O–H groups in total. The Morgan fingerprint density at radius 1 is 1.40 bits per heavy atom. The topological polar surface area (TPSA) is 12.0 Å². The second-order valence-electron chi connectivity index (χ2n) is 5.13. The van der Waals surface area contributed by atoms with Crippen LogP contribution in [0.3, 0.4) is 0 Å². The van der Waals surface area contributed by atoms with E-state index in [4.69, 9.17) is 0 Å². The first-order valence-corrected chi connectivity index (χ1v) is 6.57. The van der Waals surface area contributed by atoms with E-state index in [0.29, 0.717) is 6.04 Å². The molecule has 0 aromatic heterocycles. The predicted octanol–water partition coefficient (Wildman–Crippen LogP) is 3.76. The highest BCUT2D eigenvalue weighted by molar-refractivity contribution is 5.06. The Hall–Kier alpha value is -0.300. The number of rotatable bonds is 6. The summed E-state index contributed by atoms with van der Waals surface area (Å²) in [4.78, 5) is 0. The van der Waals surface area contributed by atoms with Crippen molar-refractivity contribution in [2.45, 2.75) is 58.9 Å². The van der Waals surface area contributed by atoms with E-state index in [-0.39, 0.29) is 0 Å². The molecule has 0 spiro atoms. The average molecular weight is 209 g/mol. The molecule has 0 aliphatic heterocycles. The van der Waals surface area contributed by atoms with E-state index in [0.717, 1.165) is 18.4 Å². The summed E-state index contributed by atoms with van der Waals surface area (Å²) in [7, 11) is 0. The van der Waals surface area contributed by atoms with Crippen LogP contribution in [0.15, 0.2) is 12.2 Å². The quantitative estimate of drug-likeness (QED) is 0.657. The molecule has 0 aromatic carbocycles. The Bertz CT molecular complexity index is 198. The van der Waals surface area contributed by atoms with Crippen molar-refractivity contribution in [1.82, 2.24) is 5.32 Å². The largest absolute Gasteiger partial charge is 0.310 e. The van der Waals surface area contributed by atoms with E-state index >= 15 is 0 Å². The van der Waals surface area contributed by atoms with Crippen molar-refractivity contribution in [3.63, 3.8) is 0 Å². The fraction of sp³-hybridized carbons (Fsp3) is 0.857. The molecule has 1 aliphatic carbocycles. The van der Waals surface area contributed by atoms with Crippen LogP contribution in [0.1, 0.15) is 52.9 Å². The number of hydrogen-bond donors (Lipinski definition) is 1. The summed E-state index contributed by atoms with van der Waals surface area (Å²) in [6.45, 7) is 12.0. The first-order valence-electron chi connectivity index (χ1n) is 6.57. The van der Waals surface area contributed by atoms with Gasteiger partial charge in [-0.2, -0.15) is 0 Å². The zero-order valence-electron chi connectivity index (χ0n) is 10.7. The molecule has 1 nitrogen and oxygen atoms in total. The molecule has 1 rings (SSSR count). The van der Waals surface area contributed by atoms with Crippen LogP contribution in [-0.2, 0) is 0 Å². The first kappa shape index (κ1) is 12.8. The minimum Gasteiger partial charge on any atom is -0.310 e. The molecule has 0 aromatic rings. The van der Waals surface area contributed by atoms with Gasteiger partial charge in [-0.05, 0) is 44.6 Å². The lowest BCUT2D eigenvalue weighted by Gasteiger charge is -2.25. The molecule has 3 atom stereocenters. The standard InChI is InChI=1S/C14H27N/c1-5-9-15-14(11(3)4)13-8-7-12(6-2)10-13/h12-15H,3,5-10H2,1-2,4H3. The lowest BCUT2D eigenvalue weighted by atomic mass is 9.91. The molecule has 0 saturated heterocycles. The fourth-order valence-electron chi connectivity index (χ4n) is 2.83. The second kappa shape index (κ2) is 6.32. The molecule has 88 valence electrons. The SMILES string of the molecule is C=C(C)C(NCCC)C1CCC(CC)C1. The normalized spacial score (nSPS) is 27.9. The van der Waals surface area contributed by atoms with Gasteiger partial charge in [0.05, 0.1) is 0 Å². The summed E-state index contributed by atoms with van der Waals surface area (Å²) in [6.07, 6.45) is 6.80. The summed E-state index contributed by atoms with van der Waals surface area (Å²) in [6, 6.07) is 0.571. The molecule has 1 aliphatic rings. The van der Waals surface area contributed by atoms with Gasteiger partial charge < -0.3 is 5.32 Å². The molecule has 1 fully saturated rings. The Labute approximate surface area is 95.3 Å². The summed E-state index contributed by atoms with van der Waals surface area (Å²) < 4.78 is 0. The van der Waals surface area contributed by atoms with Crippen molar-refractivity contribution in [1.29, 1.82) is 0 Å². The van der Waals surface area contributed by atoms with Gasteiger partial charge in [-0.15, -0.1) is 0 Å². The zero-order chi connectivity index (χ0) is 11.3. The summed E-state index contributed by atoms with van der Waals surface area (Å²) in [5.74, 6) is 1.82. The van der Waals surface area contributed by atoms with E-state index < -0.39 is 0 Å². The minimum absolute atomic E-state index is 0.571. The maximum absolute atomic E-state index is 4.14. The lowest BCUT2D eigenvalue weighted by Crippen LogP contribution is -2.36. The number of hydrogen-bond acceptors (Lipinski definition) is 1. The molecule has 0 amide bonds. The summed E-state index contributed by atoms with van der Waals surface area (Å²) in [5.41, 5.74) is 1.32. The molecular formula is C14H27N. The van der Waals surface area contributed by atoms with Gasteiger partial charge in [0, 0.05) is 6.04 Å². The summed E-state index contributed by atoms with van der Waals surface area (Å²) >= 11 is 0. The average Bonchev–Trinajstić information content (AvgIpc) is 2.66. The minimum atomic E-state index is 0.571. The van der Waals surface area contributed by atoms with E-state index in [1.807, 2.05) is 0 Å². The third-order valence-electron chi connectivity index (χ3n) is 3.78. The Kier molecular flexibility index (Phi) is 5.38. The first-order chi connectivity index (χ1) is 7.19. The van der Waals surface area contributed by atoms with E-state index in [2.05, 4.69) is 32.7 Å². The highest BCUT2D eigenvalue weighted by atomic mass is 14.9. The third-order valence-corrected chi connectivity index (χ3v) is 3.78. The van der Waals surface area contributed by atoms with Crippen LogP contribution >= 0.6 is 0 Å². The van der Waals surface area contributed by atoms with Crippen LogP contribution in [0, 0.1) is 11.8 Å². The van der Waals surface area contributed by atoms with Gasteiger partial charge in [-0.1, -0.05) is 38.8 Å². The van der Waals surface area contributed by atoms with Gasteiger partial charge in [-0.25, -0.2) is 0 Å². The van der Waals surface area contributed by atoms with Crippen LogP contribution < -0.4 is 5.32 Å². The lowest BCUT2D eigenvalue weighted by molar-refractivity contribution is 0.382. The van der Waals surface area contributed by atoms with Gasteiger partial charge in [-0.3, -0.25) is 0 Å². The van der Waals surface area contributed by atoms with Crippen molar-refractivity contribution in [2.75, 3.05) is 6.54 Å². The Balaban J connectivity index is 2.46. The maximum Gasteiger partial charge on any atom is 0.0302 e. The highest BCUT2D eigenvalue weighted by Crippen LogP contribution is 2.36. The van der Waals surface area contributed by atoms with Gasteiger partial charge >= 0.3 is 0 Å². The van der Waals surface area contributed by atoms with Gasteiger partial charge in [0.1, 0.15) is 0 Å². The van der Waals surface area contributed by atoms with E-state index in [1.54, 1.807) is 0 Å². The smallest absolute Gasteiger partial charge is 0.0302 e. The molecule has 0 heterocycles. The molecule has 1 saturated carbocycles. The molecule has 0 radical (unpaired) electrons. The Morgan fingerprint density at radius 3 is 2.60 bits per heavy atom. The van der Waals surface area contributed by atoms with Gasteiger partial charge in [0.25, 0.3) is 0 Å². The van der Waals surface area contributed by atoms with Crippen molar-refractivity contribution in [2.24, 2.45) is 11.8 Å². The van der Waals surface area contributed by atoms with E-state index in [9.17, 15) is 0 Å². The van der Waals surface area contributed by atoms with Crippen LogP contribution in [0.5, 0.6) is 0 Å². The monoisotopic (exact) mass is 209 g/mol. The van der Waals surface area contributed by atoms with Crippen LogP contribution in [0.2, 0.25) is 0 Å². The van der Waals surface area contributed by atoms with Gasteiger partial charge in [0.15, 0.2) is 0 Å². The van der Waals surface area contributed by atoms with E-state index in [1.165, 1.54) is 37.7 Å². The van der Waals surface area contributed by atoms with Gasteiger partial charge in [0.2, 0.25) is 0 Å².